The number of fused-ring (bicyclic) bond motifs is 1. The number of carbonyl (C=O) groups is 1. The van der Waals surface area contributed by atoms with Crippen LogP contribution in [0.2, 0.25) is 0 Å². The Balaban J connectivity index is 1.63. The molecule has 0 radical (unpaired) electrons. The van der Waals surface area contributed by atoms with Gasteiger partial charge in [-0.3, -0.25) is 10.1 Å². The van der Waals surface area contributed by atoms with Gasteiger partial charge in [0, 0.05) is 6.54 Å². The number of nitrogens with zero attached hydrogens (tertiary/aromatic N) is 1. The molecule has 0 aliphatic heterocycles. The molecule has 0 saturated carbocycles. The molecule has 5 nitrogen and oxygen atoms in total. The predicted molar refractivity (Wildman–Crippen MR) is 90.7 cm³/mol. The molecule has 0 bridgehead atoms. The van der Waals surface area contributed by atoms with Gasteiger partial charge >= 0.3 is 5.97 Å². The number of ether oxygens (including phenoxy) is 1. The van der Waals surface area contributed by atoms with E-state index in [-0.39, 0.29) is 11.5 Å². The topological polar surface area (TPSA) is 60.3 Å². The Labute approximate surface area is 137 Å². The molecule has 0 amide bonds. The maximum Gasteiger partial charge on any atom is 0.337 e. The number of nitrogens with one attached hydrogen (secondary N) is 1. The lowest BCUT2D eigenvalue weighted by Crippen LogP contribution is -2.23. The first-order valence-corrected chi connectivity index (χ1v) is 7.93. The van der Waals surface area contributed by atoms with Crippen LogP contribution in [0.4, 0.5) is 0 Å². The third kappa shape index (κ3) is 3.33. The van der Waals surface area contributed by atoms with Crippen molar-refractivity contribution in [3.05, 3.63) is 70.0 Å². The molecule has 1 N–H and O–H groups in total. The van der Waals surface area contributed by atoms with Gasteiger partial charge in [-0.15, -0.1) is 0 Å². The smallest absolute Gasteiger partial charge is 0.337 e. The van der Waals surface area contributed by atoms with Crippen LogP contribution in [0, 0.1) is 0 Å². The highest BCUT2D eigenvalue weighted by Gasteiger charge is 2.07. The first kappa shape index (κ1) is 15.5. The van der Waals surface area contributed by atoms with Crippen LogP contribution < -0.4 is 10.9 Å². The average Bonchev–Trinajstić information content (AvgIpc) is 2.91. The molecule has 0 atom stereocenters. The van der Waals surface area contributed by atoms with Gasteiger partial charge < -0.3 is 4.74 Å². The maximum absolute atomic E-state index is 12.2. The lowest BCUT2D eigenvalue weighted by Gasteiger charge is -2.05. The quantitative estimate of drug-likeness (QED) is 0.731. The number of aromatic nitrogens is 1. The zero-order valence-corrected chi connectivity index (χ0v) is 13.4. The molecule has 0 saturated heterocycles. The van der Waals surface area contributed by atoms with Crippen molar-refractivity contribution in [2.75, 3.05) is 7.11 Å². The summed E-state index contributed by atoms with van der Waals surface area (Å²) in [6, 6.07) is 14.8. The number of hydrogen-bond acceptors (Lipinski definition) is 5. The molecule has 0 aliphatic carbocycles. The van der Waals surface area contributed by atoms with Gasteiger partial charge in [0.15, 0.2) is 0 Å². The Morgan fingerprint density at radius 2 is 1.91 bits per heavy atom. The molecule has 23 heavy (non-hydrogen) atoms. The molecule has 0 unspecified atom stereocenters. The number of methoxy groups -OCH3 is 1. The second kappa shape index (κ2) is 6.76. The molecule has 6 heteroatoms. The van der Waals surface area contributed by atoms with E-state index in [1.165, 1.54) is 18.6 Å². The number of carbonyl (C=O) groups excluding carboxylic acids is 1. The molecule has 0 spiro atoms. The molecule has 3 rings (SSSR count). The van der Waals surface area contributed by atoms with Crippen LogP contribution in [-0.4, -0.2) is 17.0 Å². The largest absolute Gasteiger partial charge is 0.465 e. The van der Waals surface area contributed by atoms with Gasteiger partial charge in [-0.2, -0.15) is 0 Å². The van der Waals surface area contributed by atoms with E-state index in [0.717, 1.165) is 15.6 Å². The zero-order chi connectivity index (χ0) is 16.2. The third-order valence-electron chi connectivity index (χ3n) is 3.51. The van der Waals surface area contributed by atoms with E-state index >= 15 is 0 Å². The molecule has 1 heterocycles. The summed E-state index contributed by atoms with van der Waals surface area (Å²) >= 11 is 1.45. The van der Waals surface area contributed by atoms with Crippen molar-refractivity contribution in [2.45, 2.75) is 13.2 Å². The SMILES string of the molecule is COC(=O)c1ccc(CNCn2sc3ccccc3c2=O)cc1. The van der Waals surface area contributed by atoms with Crippen molar-refractivity contribution >= 4 is 27.6 Å². The van der Waals surface area contributed by atoms with Crippen LogP contribution in [0.5, 0.6) is 0 Å². The van der Waals surface area contributed by atoms with E-state index in [2.05, 4.69) is 10.1 Å². The number of benzene rings is 2. The minimum atomic E-state index is -0.346. The van der Waals surface area contributed by atoms with Crippen molar-refractivity contribution in [3.63, 3.8) is 0 Å². The second-order valence-electron chi connectivity index (χ2n) is 5.04. The Morgan fingerprint density at radius 1 is 1.17 bits per heavy atom. The highest BCUT2D eigenvalue weighted by atomic mass is 32.1. The van der Waals surface area contributed by atoms with Crippen molar-refractivity contribution in [2.24, 2.45) is 0 Å². The Hall–Kier alpha value is -2.44. The van der Waals surface area contributed by atoms with Gasteiger partial charge in [0.05, 0.1) is 29.4 Å². The lowest BCUT2D eigenvalue weighted by atomic mass is 10.1. The summed E-state index contributed by atoms with van der Waals surface area (Å²) in [4.78, 5) is 23.6. The monoisotopic (exact) mass is 328 g/mol. The van der Waals surface area contributed by atoms with Crippen molar-refractivity contribution in [1.82, 2.24) is 9.27 Å². The van der Waals surface area contributed by atoms with Crippen LogP contribution >= 0.6 is 11.5 Å². The van der Waals surface area contributed by atoms with Crippen molar-refractivity contribution in [1.29, 1.82) is 0 Å². The van der Waals surface area contributed by atoms with Gasteiger partial charge in [0.2, 0.25) is 0 Å². The first-order chi connectivity index (χ1) is 11.2. The highest BCUT2D eigenvalue weighted by Crippen LogP contribution is 2.15. The second-order valence-corrected chi connectivity index (χ2v) is 6.11. The van der Waals surface area contributed by atoms with Crippen LogP contribution in [0.25, 0.3) is 10.1 Å². The van der Waals surface area contributed by atoms with Crippen LogP contribution in [0.3, 0.4) is 0 Å². The number of rotatable bonds is 5. The fourth-order valence-corrected chi connectivity index (χ4v) is 3.27. The number of hydrogen-bond donors (Lipinski definition) is 1. The maximum atomic E-state index is 12.2. The van der Waals surface area contributed by atoms with Gasteiger partial charge in [0.1, 0.15) is 0 Å². The van der Waals surface area contributed by atoms with Gasteiger partial charge in [0.25, 0.3) is 5.56 Å². The zero-order valence-electron chi connectivity index (χ0n) is 12.6. The molecule has 0 fully saturated rings. The van der Waals surface area contributed by atoms with E-state index in [9.17, 15) is 9.59 Å². The summed E-state index contributed by atoms with van der Waals surface area (Å²) in [7, 11) is 1.36. The standard InChI is InChI=1S/C17H16N2O3S/c1-22-17(21)13-8-6-12(7-9-13)10-18-11-19-16(20)14-4-2-3-5-15(14)23-19/h2-9,18H,10-11H2,1H3. The molecule has 118 valence electrons. The summed E-state index contributed by atoms with van der Waals surface area (Å²) in [5.41, 5.74) is 1.59. The van der Waals surface area contributed by atoms with E-state index in [1.54, 1.807) is 16.1 Å². The van der Waals surface area contributed by atoms with Gasteiger partial charge in [-0.1, -0.05) is 35.8 Å². The van der Waals surface area contributed by atoms with Crippen LogP contribution in [0.15, 0.2) is 53.3 Å². The predicted octanol–water partition coefficient (Wildman–Crippen LogP) is 2.60. The fraction of sp³-hybridized carbons (Fsp3) is 0.176. The Morgan fingerprint density at radius 3 is 2.61 bits per heavy atom. The molecular weight excluding hydrogens is 312 g/mol. The van der Waals surface area contributed by atoms with E-state index in [0.29, 0.717) is 18.8 Å². The van der Waals surface area contributed by atoms with Crippen LogP contribution in [-0.2, 0) is 18.0 Å². The summed E-state index contributed by atoms with van der Waals surface area (Å²) < 4.78 is 7.36. The minimum Gasteiger partial charge on any atom is -0.465 e. The average molecular weight is 328 g/mol. The summed E-state index contributed by atoms with van der Waals surface area (Å²) in [5.74, 6) is -0.346. The van der Waals surface area contributed by atoms with E-state index in [1.807, 2.05) is 36.4 Å². The van der Waals surface area contributed by atoms with Gasteiger partial charge in [-0.05, 0) is 29.8 Å². The Bertz CT molecular complexity index is 881. The normalized spacial score (nSPS) is 10.8. The fourth-order valence-electron chi connectivity index (χ4n) is 2.30. The summed E-state index contributed by atoms with van der Waals surface area (Å²) in [5, 5.41) is 3.99. The van der Waals surface area contributed by atoms with Gasteiger partial charge in [-0.25, -0.2) is 8.75 Å². The highest BCUT2D eigenvalue weighted by molar-refractivity contribution is 7.13. The molecule has 2 aromatic carbocycles. The molecular formula is C17H16N2O3S. The lowest BCUT2D eigenvalue weighted by molar-refractivity contribution is 0.0600. The van der Waals surface area contributed by atoms with E-state index in [4.69, 9.17) is 0 Å². The third-order valence-corrected chi connectivity index (χ3v) is 4.58. The Kier molecular flexibility index (Phi) is 4.55. The van der Waals surface area contributed by atoms with Crippen molar-refractivity contribution in [3.8, 4) is 0 Å². The van der Waals surface area contributed by atoms with E-state index < -0.39 is 0 Å². The minimum absolute atomic E-state index is 0.0270. The summed E-state index contributed by atoms with van der Waals surface area (Å²) in [6.07, 6.45) is 0. The van der Waals surface area contributed by atoms with Crippen molar-refractivity contribution < 1.29 is 9.53 Å². The number of esters is 1. The molecule has 3 aromatic rings. The summed E-state index contributed by atoms with van der Waals surface area (Å²) in [6.45, 7) is 1.07. The molecule has 1 aromatic heterocycles. The van der Waals surface area contributed by atoms with Crippen LogP contribution in [0.1, 0.15) is 15.9 Å². The molecule has 0 aliphatic rings. The first-order valence-electron chi connectivity index (χ1n) is 7.16.